The molecule has 26 heavy (non-hydrogen) atoms. The number of carbonyl (C=O) groups is 1. The van der Waals surface area contributed by atoms with Gasteiger partial charge in [0, 0.05) is 58.0 Å². The summed E-state index contributed by atoms with van der Waals surface area (Å²) in [6, 6.07) is 5.93. The van der Waals surface area contributed by atoms with Crippen molar-refractivity contribution in [3.8, 4) is 0 Å². The lowest BCUT2D eigenvalue weighted by molar-refractivity contribution is -0.132. The van der Waals surface area contributed by atoms with Crippen LogP contribution in [0.5, 0.6) is 0 Å². The molecule has 3 heterocycles. The SMILES string of the molecule is Cc1cn(C)c([C@@H]2CCCN(C(=O)CCN(C)Cc3ccccn3)C2)n1. The highest BCUT2D eigenvalue weighted by Gasteiger charge is 2.27. The van der Waals surface area contributed by atoms with Crippen LogP contribution < -0.4 is 0 Å². The summed E-state index contributed by atoms with van der Waals surface area (Å²) in [6.45, 7) is 5.18. The molecule has 1 amide bonds. The van der Waals surface area contributed by atoms with E-state index in [4.69, 9.17) is 0 Å². The molecule has 1 atom stereocenters. The van der Waals surface area contributed by atoms with Crippen molar-refractivity contribution in [3.05, 3.63) is 47.8 Å². The van der Waals surface area contributed by atoms with Crippen LogP contribution in [0.25, 0.3) is 0 Å². The van der Waals surface area contributed by atoms with Crippen LogP contribution in [-0.2, 0) is 18.4 Å². The van der Waals surface area contributed by atoms with Gasteiger partial charge in [0.05, 0.1) is 11.4 Å². The van der Waals surface area contributed by atoms with Crippen LogP contribution in [-0.4, -0.2) is 56.9 Å². The van der Waals surface area contributed by atoms with Gasteiger partial charge in [0.1, 0.15) is 5.82 Å². The molecule has 6 heteroatoms. The molecule has 0 aromatic carbocycles. The maximum Gasteiger partial charge on any atom is 0.223 e. The minimum Gasteiger partial charge on any atom is -0.342 e. The minimum atomic E-state index is 0.244. The monoisotopic (exact) mass is 355 g/mol. The third-order valence-electron chi connectivity index (χ3n) is 5.04. The van der Waals surface area contributed by atoms with Gasteiger partial charge >= 0.3 is 0 Å². The minimum absolute atomic E-state index is 0.244. The van der Waals surface area contributed by atoms with E-state index in [-0.39, 0.29) is 5.91 Å². The number of imidazole rings is 1. The standard InChI is InChI=1S/C20H29N5O/c1-16-13-24(3)20(22-16)17-7-6-11-25(14-17)19(26)9-12-23(2)15-18-8-4-5-10-21-18/h4-5,8,10,13,17H,6-7,9,11-12,14-15H2,1-3H3/t17-/m1/s1. The molecule has 1 aliphatic heterocycles. The number of rotatable bonds is 6. The first-order valence-corrected chi connectivity index (χ1v) is 9.39. The van der Waals surface area contributed by atoms with E-state index in [0.29, 0.717) is 12.3 Å². The molecule has 2 aromatic heterocycles. The number of pyridine rings is 1. The molecule has 6 nitrogen and oxygen atoms in total. The number of aryl methyl sites for hydroxylation is 2. The van der Waals surface area contributed by atoms with E-state index in [2.05, 4.69) is 25.6 Å². The first-order chi connectivity index (χ1) is 12.5. The van der Waals surface area contributed by atoms with Crippen LogP contribution >= 0.6 is 0 Å². The summed E-state index contributed by atoms with van der Waals surface area (Å²) in [5.74, 6) is 1.69. The molecule has 1 fully saturated rings. The fraction of sp³-hybridized carbons (Fsp3) is 0.550. The van der Waals surface area contributed by atoms with Crippen molar-refractivity contribution in [1.82, 2.24) is 24.3 Å². The van der Waals surface area contributed by atoms with E-state index in [1.807, 2.05) is 50.3 Å². The van der Waals surface area contributed by atoms with E-state index in [1.165, 1.54) is 0 Å². The Morgan fingerprint density at radius 2 is 2.23 bits per heavy atom. The highest BCUT2D eigenvalue weighted by atomic mass is 16.2. The van der Waals surface area contributed by atoms with Crippen LogP contribution in [0.3, 0.4) is 0 Å². The first kappa shape index (κ1) is 18.6. The van der Waals surface area contributed by atoms with Crippen LogP contribution in [0, 0.1) is 6.92 Å². The number of likely N-dealkylation sites (tertiary alicyclic amines) is 1. The summed E-state index contributed by atoms with van der Waals surface area (Å²) >= 11 is 0. The molecule has 140 valence electrons. The Bertz CT molecular complexity index is 727. The number of piperidine rings is 1. The van der Waals surface area contributed by atoms with Gasteiger partial charge in [-0.25, -0.2) is 4.98 Å². The van der Waals surface area contributed by atoms with Crippen LogP contribution in [0.2, 0.25) is 0 Å². The van der Waals surface area contributed by atoms with Gasteiger partial charge in [-0.3, -0.25) is 9.78 Å². The van der Waals surface area contributed by atoms with Crippen molar-refractivity contribution in [3.63, 3.8) is 0 Å². The maximum absolute atomic E-state index is 12.7. The van der Waals surface area contributed by atoms with Crippen LogP contribution in [0.4, 0.5) is 0 Å². The molecule has 0 N–H and O–H groups in total. The van der Waals surface area contributed by atoms with Gasteiger partial charge in [-0.1, -0.05) is 6.07 Å². The number of hydrogen-bond acceptors (Lipinski definition) is 4. The zero-order chi connectivity index (χ0) is 18.5. The molecule has 2 aromatic rings. The van der Waals surface area contributed by atoms with Gasteiger partial charge in [-0.05, 0) is 38.9 Å². The van der Waals surface area contributed by atoms with Crippen LogP contribution in [0.1, 0.15) is 42.4 Å². The van der Waals surface area contributed by atoms with Gasteiger partial charge in [-0.15, -0.1) is 0 Å². The highest BCUT2D eigenvalue weighted by molar-refractivity contribution is 5.76. The molecule has 1 aliphatic rings. The molecular formula is C20H29N5O. The van der Waals surface area contributed by atoms with E-state index >= 15 is 0 Å². The largest absolute Gasteiger partial charge is 0.342 e. The third kappa shape index (κ3) is 4.69. The number of amides is 1. The summed E-state index contributed by atoms with van der Waals surface area (Å²) in [7, 11) is 4.08. The summed E-state index contributed by atoms with van der Waals surface area (Å²) in [5.41, 5.74) is 2.08. The second kappa shape index (κ2) is 8.45. The zero-order valence-corrected chi connectivity index (χ0v) is 16.1. The lowest BCUT2D eigenvalue weighted by Crippen LogP contribution is -2.40. The topological polar surface area (TPSA) is 54.3 Å². The number of aromatic nitrogens is 3. The Morgan fingerprint density at radius 1 is 1.38 bits per heavy atom. The van der Waals surface area contributed by atoms with Crippen molar-refractivity contribution >= 4 is 5.91 Å². The molecule has 0 radical (unpaired) electrons. The Balaban J connectivity index is 1.50. The van der Waals surface area contributed by atoms with E-state index in [0.717, 1.165) is 56.2 Å². The lowest BCUT2D eigenvalue weighted by Gasteiger charge is -2.33. The number of nitrogens with zero attached hydrogens (tertiary/aromatic N) is 5. The normalized spacial score (nSPS) is 17.7. The Kier molecular flexibility index (Phi) is 6.04. The fourth-order valence-corrected chi connectivity index (χ4v) is 3.72. The van der Waals surface area contributed by atoms with Crippen molar-refractivity contribution in [2.45, 2.75) is 38.6 Å². The predicted octanol–water partition coefficient (Wildman–Crippen LogP) is 2.35. The quantitative estimate of drug-likeness (QED) is 0.798. The van der Waals surface area contributed by atoms with Gasteiger partial charge < -0.3 is 14.4 Å². The maximum atomic E-state index is 12.7. The molecule has 0 aliphatic carbocycles. The second-order valence-electron chi connectivity index (χ2n) is 7.34. The second-order valence-corrected chi connectivity index (χ2v) is 7.34. The summed E-state index contributed by atoms with van der Waals surface area (Å²) in [4.78, 5) is 25.9. The van der Waals surface area contributed by atoms with Crippen molar-refractivity contribution < 1.29 is 4.79 Å². The molecular weight excluding hydrogens is 326 g/mol. The smallest absolute Gasteiger partial charge is 0.223 e. The van der Waals surface area contributed by atoms with E-state index in [1.54, 1.807) is 0 Å². The molecule has 0 spiro atoms. The van der Waals surface area contributed by atoms with Gasteiger partial charge in [0.25, 0.3) is 0 Å². The fourth-order valence-electron chi connectivity index (χ4n) is 3.72. The predicted molar refractivity (Wildman–Crippen MR) is 102 cm³/mol. The Hall–Kier alpha value is -2.21. The highest BCUT2D eigenvalue weighted by Crippen LogP contribution is 2.26. The van der Waals surface area contributed by atoms with Gasteiger partial charge in [0.15, 0.2) is 0 Å². The lowest BCUT2D eigenvalue weighted by atomic mass is 9.97. The molecule has 3 rings (SSSR count). The molecule has 0 bridgehead atoms. The first-order valence-electron chi connectivity index (χ1n) is 9.39. The average Bonchev–Trinajstić information content (AvgIpc) is 2.99. The molecule has 0 unspecified atom stereocenters. The Morgan fingerprint density at radius 3 is 2.92 bits per heavy atom. The van der Waals surface area contributed by atoms with Crippen LogP contribution in [0.15, 0.2) is 30.6 Å². The Labute approximate surface area is 155 Å². The van der Waals surface area contributed by atoms with E-state index in [9.17, 15) is 4.79 Å². The van der Waals surface area contributed by atoms with Crippen molar-refractivity contribution in [2.24, 2.45) is 7.05 Å². The molecule has 0 saturated carbocycles. The summed E-state index contributed by atoms with van der Waals surface area (Å²) < 4.78 is 2.11. The number of carbonyl (C=O) groups excluding carboxylic acids is 1. The summed E-state index contributed by atoms with van der Waals surface area (Å²) in [6.07, 6.45) is 6.57. The number of hydrogen-bond donors (Lipinski definition) is 0. The zero-order valence-electron chi connectivity index (χ0n) is 16.1. The van der Waals surface area contributed by atoms with Gasteiger partial charge in [0.2, 0.25) is 5.91 Å². The summed E-state index contributed by atoms with van der Waals surface area (Å²) in [5, 5.41) is 0. The third-order valence-corrected chi connectivity index (χ3v) is 5.04. The van der Waals surface area contributed by atoms with Crippen molar-refractivity contribution in [1.29, 1.82) is 0 Å². The van der Waals surface area contributed by atoms with Gasteiger partial charge in [-0.2, -0.15) is 0 Å². The van der Waals surface area contributed by atoms with Crippen molar-refractivity contribution in [2.75, 3.05) is 26.7 Å². The van der Waals surface area contributed by atoms with E-state index < -0.39 is 0 Å². The molecule has 1 saturated heterocycles. The average molecular weight is 355 g/mol.